The number of anilines is 1. The third kappa shape index (κ3) is 2.93. The van der Waals surface area contributed by atoms with Crippen molar-refractivity contribution in [3.8, 4) is 0 Å². The Bertz CT molecular complexity index is 462. The fraction of sp³-hybridized carbons (Fsp3) is 0.273. The van der Waals surface area contributed by atoms with Crippen LogP contribution < -0.4 is 5.32 Å². The number of aromatic nitrogens is 1. The molecule has 0 unspecified atom stereocenters. The highest BCUT2D eigenvalue weighted by Gasteiger charge is 2.06. The zero-order chi connectivity index (χ0) is 11.4. The molecule has 0 aliphatic heterocycles. The zero-order valence-corrected chi connectivity index (χ0v) is 9.71. The van der Waals surface area contributed by atoms with Crippen molar-refractivity contribution in [1.29, 1.82) is 0 Å². The van der Waals surface area contributed by atoms with Crippen LogP contribution >= 0.6 is 11.3 Å². The van der Waals surface area contributed by atoms with Crippen LogP contribution in [0.25, 0.3) is 0 Å². The number of hydrogen-bond acceptors (Lipinski definition) is 4. The van der Waals surface area contributed by atoms with E-state index >= 15 is 0 Å². The average molecular weight is 236 g/mol. The SMILES string of the molecule is Cc1cc(NC(=O)CCc2ccsc2)no1. The van der Waals surface area contributed by atoms with Gasteiger partial charge in [0.25, 0.3) is 0 Å². The second-order valence-corrected chi connectivity index (χ2v) is 4.28. The van der Waals surface area contributed by atoms with Gasteiger partial charge in [-0.2, -0.15) is 11.3 Å². The Morgan fingerprint density at radius 1 is 1.62 bits per heavy atom. The van der Waals surface area contributed by atoms with Crippen molar-refractivity contribution in [2.45, 2.75) is 19.8 Å². The minimum Gasteiger partial charge on any atom is -0.360 e. The van der Waals surface area contributed by atoms with Gasteiger partial charge in [-0.05, 0) is 35.7 Å². The average Bonchev–Trinajstić information content (AvgIpc) is 2.87. The van der Waals surface area contributed by atoms with E-state index in [9.17, 15) is 4.79 Å². The van der Waals surface area contributed by atoms with Crippen molar-refractivity contribution in [3.05, 3.63) is 34.2 Å². The molecule has 2 rings (SSSR count). The summed E-state index contributed by atoms with van der Waals surface area (Å²) < 4.78 is 4.85. The smallest absolute Gasteiger partial charge is 0.225 e. The highest BCUT2D eigenvalue weighted by atomic mass is 32.1. The lowest BCUT2D eigenvalue weighted by Crippen LogP contribution is -2.12. The van der Waals surface area contributed by atoms with E-state index in [1.54, 1.807) is 24.3 Å². The fourth-order valence-corrected chi connectivity index (χ4v) is 2.03. The van der Waals surface area contributed by atoms with Crippen LogP contribution in [0.3, 0.4) is 0 Å². The zero-order valence-electron chi connectivity index (χ0n) is 8.90. The molecule has 0 saturated carbocycles. The van der Waals surface area contributed by atoms with Gasteiger partial charge in [0.2, 0.25) is 5.91 Å². The maximum Gasteiger partial charge on any atom is 0.225 e. The maximum atomic E-state index is 11.5. The molecular weight excluding hydrogens is 224 g/mol. The molecule has 0 aliphatic rings. The van der Waals surface area contributed by atoms with Gasteiger partial charge in [0.15, 0.2) is 5.82 Å². The van der Waals surface area contributed by atoms with Crippen LogP contribution in [0.1, 0.15) is 17.7 Å². The van der Waals surface area contributed by atoms with Crippen LogP contribution in [0.4, 0.5) is 5.82 Å². The van der Waals surface area contributed by atoms with Gasteiger partial charge in [0.05, 0.1) is 0 Å². The molecule has 16 heavy (non-hydrogen) atoms. The fourth-order valence-electron chi connectivity index (χ4n) is 1.32. The molecule has 0 spiro atoms. The number of thiophene rings is 1. The number of amides is 1. The summed E-state index contributed by atoms with van der Waals surface area (Å²) in [6.45, 7) is 1.79. The van der Waals surface area contributed by atoms with Crippen molar-refractivity contribution in [2.75, 3.05) is 5.32 Å². The van der Waals surface area contributed by atoms with Crippen molar-refractivity contribution < 1.29 is 9.32 Å². The van der Waals surface area contributed by atoms with Gasteiger partial charge >= 0.3 is 0 Å². The van der Waals surface area contributed by atoms with E-state index in [1.165, 1.54) is 5.56 Å². The van der Waals surface area contributed by atoms with E-state index in [1.807, 2.05) is 16.8 Å². The summed E-state index contributed by atoms with van der Waals surface area (Å²) in [5.74, 6) is 1.13. The van der Waals surface area contributed by atoms with Crippen LogP contribution in [0, 0.1) is 6.92 Å². The first-order valence-corrected chi connectivity index (χ1v) is 5.92. The Morgan fingerprint density at radius 3 is 3.12 bits per heavy atom. The van der Waals surface area contributed by atoms with E-state index in [0.29, 0.717) is 18.0 Å². The van der Waals surface area contributed by atoms with Crippen LogP contribution in [-0.2, 0) is 11.2 Å². The Kier molecular flexibility index (Phi) is 3.36. The van der Waals surface area contributed by atoms with Crippen LogP contribution in [0.5, 0.6) is 0 Å². The molecular formula is C11H12N2O2S. The van der Waals surface area contributed by atoms with Gasteiger partial charge in [-0.15, -0.1) is 0 Å². The first kappa shape index (κ1) is 10.9. The molecule has 0 aliphatic carbocycles. The summed E-state index contributed by atoms with van der Waals surface area (Å²) in [6, 6.07) is 3.72. The molecule has 0 atom stereocenters. The van der Waals surface area contributed by atoms with Gasteiger partial charge in [-0.25, -0.2) is 0 Å². The molecule has 0 aromatic carbocycles. The standard InChI is InChI=1S/C11H12N2O2S/c1-8-6-10(13-15-8)12-11(14)3-2-9-4-5-16-7-9/h4-7H,2-3H2,1H3,(H,12,13,14). The molecule has 5 heteroatoms. The second-order valence-electron chi connectivity index (χ2n) is 3.50. The van der Waals surface area contributed by atoms with Crippen LogP contribution in [-0.4, -0.2) is 11.1 Å². The number of nitrogens with one attached hydrogen (secondary N) is 1. The molecule has 2 aromatic rings. The molecule has 4 nitrogen and oxygen atoms in total. The molecule has 0 bridgehead atoms. The Balaban J connectivity index is 1.81. The Hall–Kier alpha value is -1.62. The predicted octanol–water partition coefficient (Wildman–Crippen LogP) is 2.62. The Labute approximate surface area is 97.3 Å². The second kappa shape index (κ2) is 4.94. The van der Waals surface area contributed by atoms with Gasteiger partial charge in [0.1, 0.15) is 5.76 Å². The summed E-state index contributed by atoms with van der Waals surface area (Å²) in [7, 11) is 0. The molecule has 84 valence electrons. The molecule has 1 amide bonds. The van der Waals surface area contributed by atoms with Crippen molar-refractivity contribution >= 4 is 23.1 Å². The van der Waals surface area contributed by atoms with Crippen molar-refractivity contribution in [1.82, 2.24) is 5.16 Å². The van der Waals surface area contributed by atoms with Crippen molar-refractivity contribution in [2.24, 2.45) is 0 Å². The minimum atomic E-state index is -0.0421. The molecule has 1 N–H and O–H groups in total. The number of carbonyl (C=O) groups is 1. The number of carbonyl (C=O) groups excluding carboxylic acids is 1. The lowest BCUT2D eigenvalue weighted by Gasteiger charge is -1.99. The van der Waals surface area contributed by atoms with Gasteiger partial charge in [-0.3, -0.25) is 4.79 Å². The molecule has 0 radical (unpaired) electrons. The third-order valence-corrected chi connectivity index (χ3v) is 2.85. The normalized spacial score (nSPS) is 10.3. The summed E-state index contributed by atoms with van der Waals surface area (Å²) in [5.41, 5.74) is 1.19. The van der Waals surface area contributed by atoms with E-state index in [2.05, 4.69) is 10.5 Å². The topological polar surface area (TPSA) is 55.1 Å². The largest absolute Gasteiger partial charge is 0.360 e. The summed E-state index contributed by atoms with van der Waals surface area (Å²) >= 11 is 1.64. The molecule has 2 aromatic heterocycles. The van der Waals surface area contributed by atoms with E-state index in [0.717, 1.165) is 6.42 Å². The maximum absolute atomic E-state index is 11.5. The monoisotopic (exact) mass is 236 g/mol. The Morgan fingerprint density at radius 2 is 2.50 bits per heavy atom. The first-order chi connectivity index (χ1) is 7.74. The number of nitrogens with zero attached hydrogens (tertiary/aromatic N) is 1. The molecule has 0 fully saturated rings. The molecule has 2 heterocycles. The first-order valence-electron chi connectivity index (χ1n) is 4.98. The summed E-state index contributed by atoms with van der Waals surface area (Å²) in [6.07, 6.45) is 1.22. The van der Waals surface area contributed by atoms with E-state index in [-0.39, 0.29) is 5.91 Å². The lowest BCUT2D eigenvalue weighted by atomic mass is 10.2. The summed E-state index contributed by atoms with van der Waals surface area (Å²) in [5, 5.41) is 10.4. The van der Waals surface area contributed by atoms with Crippen molar-refractivity contribution in [3.63, 3.8) is 0 Å². The van der Waals surface area contributed by atoms with E-state index in [4.69, 9.17) is 4.52 Å². The van der Waals surface area contributed by atoms with Crippen LogP contribution in [0.2, 0.25) is 0 Å². The number of rotatable bonds is 4. The predicted molar refractivity (Wildman–Crippen MR) is 62.5 cm³/mol. The summed E-state index contributed by atoms with van der Waals surface area (Å²) in [4.78, 5) is 11.5. The highest BCUT2D eigenvalue weighted by molar-refractivity contribution is 7.07. The quantitative estimate of drug-likeness (QED) is 0.887. The molecule has 0 saturated heterocycles. The van der Waals surface area contributed by atoms with E-state index < -0.39 is 0 Å². The minimum absolute atomic E-state index is 0.0421. The number of hydrogen-bond donors (Lipinski definition) is 1. The highest BCUT2D eigenvalue weighted by Crippen LogP contribution is 2.10. The lowest BCUT2D eigenvalue weighted by molar-refractivity contribution is -0.116. The third-order valence-electron chi connectivity index (χ3n) is 2.12. The van der Waals surface area contributed by atoms with Gasteiger partial charge in [0, 0.05) is 12.5 Å². The number of aryl methyl sites for hydroxylation is 2. The van der Waals surface area contributed by atoms with Gasteiger partial charge in [-0.1, -0.05) is 5.16 Å². The van der Waals surface area contributed by atoms with Gasteiger partial charge < -0.3 is 9.84 Å². The van der Waals surface area contributed by atoms with Crippen LogP contribution in [0.15, 0.2) is 27.4 Å².